The number of amides is 2. The van der Waals surface area contributed by atoms with Crippen LogP contribution in [0.5, 0.6) is 0 Å². The normalized spacial score (nSPS) is 11.5. The fourth-order valence-corrected chi connectivity index (χ4v) is 4.02. The zero-order valence-electron chi connectivity index (χ0n) is 18.9. The first-order valence-corrected chi connectivity index (χ1v) is 11.8. The van der Waals surface area contributed by atoms with E-state index in [1.54, 1.807) is 74.0 Å². The third-order valence-corrected chi connectivity index (χ3v) is 6.06. The average molecular weight is 502 g/mol. The maximum atomic E-state index is 12.5. The number of halogens is 1. The number of hydrogen-bond donors (Lipinski definition) is 2. The van der Waals surface area contributed by atoms with Gasteiger partial charge in [0.1, 0.15) is 0 Å². The SMILES string of the molecule is CCOC(=O)c1cccc(NC(=O)CSc2nnc([C@@H](C)NC(=O)c3ccccc3Cl)n2C)c1. The Labute approximate surface area is 206 Å². The topological polar surface area (TPSA) is 115 Å². The van der Waals surface area contributed by atoms with Crippen LogP contribution in [-0.2, 0) is 16.6 Å². The van der Waals surface area contributed by atoms with Crippen LogP contribution in [0.1, 0.15) is 46.4 Å². The lowest BCUT2D eigenvalue weighted by molar-refractivity contribution is -0.113. The van der Waals surface area contributed by atoms with Crippen molar-refractivity contribution < 1.29 is 19.1 Å². The van der Waals surface area contributed by atoms with Gasteiger partial charge in [-0.25, -0.2) is 4.79 Å². The van der Waals surface area contributed by atoms with Crippen molar-refractivity contribution in [1.82, 2.24) is 20.1 Å². The highest BCUT2D eigenvalue weighted by Crippen LogP contribution is 2.21. The van der Waals surface area contributed by atoms with Gasteiger partial charge in [-0.1, -0.05) is 41.6 Å². The van der Waals surface area contributed by atoms with Gasteiger partial charge in [0.15, 0.2) is 11.0 Å². The number of benzene rings is 2. The van der Waals surface area contributed by atoms with E-state index < -0.39 is 12.0 Å². The molecule has 0 saturated carbocycles. The molecule has 0 aliphatic rings. The standard InChI is InChI=1S/C23H24ClN5O4S/c1-4-33-22(32)15-8-7-9-16(12-15)26-19(30)13-34-23-28-27-20(29(23)3)14(2)25-21(31)17-10-5-6-11-18(17)24/h5-12,14H,4,13H2,1-3H3,(H,25,31)(H,26,30)/t14-/m1/s1. The van der Waals surface area contributed by atoms with Gasteiger partial charge in [-0.15, -0.1) is 10.2 Å². The number of nitrogens with one attached hydrogen (secondary N) is 2. The van der Waals surface area contributed by atoms with Gasteiger partial charge in [0.05, 0.1) is 34.6 Å². The summed E-state index contributed by atoms with van der Waals surface area (Å²) in [5.41, 5.74) is 1.22. The molecule has 2 aromatic carbocycles. The molecule has 1 aromatic heterocycles. The summed E-state index contributed by atoms with van der Waals surface area (Å²) in [5, 5.41) is 14.8. The lowest BCUT2D eigenvalue weighted by Gasteiger charge is -2.14. The number of carbonyl (C=O) groups is 3. The molecule has 0 spiro atoms. The molecule has 2 amide bonds. The maximum absolute atomic E-state index is 12.5. The summed E-state index contributed by atoms with van der Waals surface area (Å²) >= 11 is 7.29. The van der Waals surface area contributed by atoms with E-state index in [-0.39, 0.29) is 24.2 Å². The minimum Gasteiger partial charge on any atom is -0.462 e. The number of ether oxygens (including phenoxy) is 1. The van der Waals surface area contributed by atoms with E-state index in [0.29, 0.717) is 32.8 Å². The Bertz CT molecular complexity index is 1200. The Hall–Kier alpha value is -3.37. The molecule has 3 rings (SSSR count). The first kappa shape index (κ1) is 25.3. The fourth-order valence-electron chi connectivity index (χ4n) is 3.08. The Balaban J connectivity index is 1.57. The molecule has 9 nitrogen and oxygen atoms in total. The van der Waals surface area contributed by atoms with Gasteiger partial charge in [0.2, 0.25) is 5.91 Å². The molecule has 0 aliphatic heterocycles. The van der Waals surface area contributed by atoms with Crippen LogP contribution in [0.3, 0.4) is 0 Å². The molecular weight excluding hydrogens is 478 g/mol. The lowest BCUT2D eigenvalue weighted by Crippen LogP contribution is -2.28. The summed E-state index contributed by atoms with van der Waals surface area (Å²) in [6.45, 7) is 3.79. The number of nitrogens with zero attached hydrogens (tertiary/aromatic N) is 3. The number of rotatable bonds is 9. The van der Waals surface area contributed by atoms with Crippen LogP contribution in [0, 0.1) is 0 Å². The zero-order valence-corrected chi connectivity index (χ0v) is 20.4. The van der Waals surface area contributed by atoms with Crippen LogP contribution in [0.15, 0.2) is 53.7 Å². The van der Waals surface area contributed by atoms with E-state index in [1.165, 1.54) is 11.8 Å². The highest BCUT2D eigenvalue weighted by molar-refractivity contribution is 7.99. The van der Waals surface area contributed by atoms with E-state index in [1.807, 2.05) is 0 Å². The summed E-state index contributed by atoms with van der Waals surface area (Å²) in [7, 11) is 1.76. The molecule has 0 unspecified atom stereocenters. The third kappa shape index (κ3) is 6.36. The molecule has 178 valence electrons. The van der Waals surface area contributed by atoms with Gasteiger partial charge >= 0.3 is 5.97 Å². The summed E-state index contributed by atoms with van der Waals surface area (Å²) in [5.74, 6) is -0.424. The van der Waals surface area contributed by atoms with Crippen LogP contribution in [0.2, 0.25) is 5.02 Å². The quantitative estimate of drug-likeness (QED) is 0.338. The van der Waals surface area contributed by atoms with Gasteiger partial charge in [-0.3, -0.25) is 9.59 Å². The summed E-state index contributed by atoms with van der Waals surface area (Å²) in [4.78, 5) is 36.8. The Morgan fingerprint density at radius 2 is 1.91 bits per heavy atom. The van der Waals surface area contributed by atoms with E-state index >= 15 is 0 Å². The molecule has 0 aliphatic carbocycles. The predicted molar refractivity (Wildman–Crippen MR) is 130 cm³/mol. The van der Waals surface area contributed by atoms with Crippen molar-refractivity contribution in [2.45, 2.75) is 25.0 Å². The largest absolute Gasteiger partial charge is 0.462 e. The molecule has 0 saturated heterocycles. The van der Waals surface area contributed by atoms with Crippen molar-refractivity contribution in [3.63, 3.8) is 0 Å². The summed E-state index contributed by atoms with van der Waals surface area (Å²) in [6, 6.07) is 12.9. The van der Waals surface area contributed by atoms with Gasteiger partial charge in [0, 0.05) is 12.7 Å². The number of hydrogen-bond acceptors (Lipinski definition) is 7. The highest BCUT2D eigenvalue weighted by Gasteiger charge is 2.20. The van der Waals surface area contributed by atoms with Gasteiger partial charge in [-0.05, 0) is 44.2 Å². The summed E-state index contributed by atoms with van der Waals surface area (Å²) < 4.78 is 6.70. The number of thioether (sulfide) groups is 1. The van der Waals surface area contributed by atoms with Crippen LogP contribution in [0.4, 0.5) is 5.69 Å². The smallest absolute Gasteiger partial charge is 0.338 e. The Kier molecular flexibility index (Phi) is 8.67. The number of aromatic nitrogens is 3. The zero-order chi connectivity index (χ0) is 24.7. The maximum Gasteiger partial charge on any atom is 0.338 e. The van der Waals surface area contributed by atoms with E-state index in [0.717, 1.165) is 0 Å². The monoisotopic (exact) mass is 501 g/mol. The van der Waals surface area contributed by atoms with Crippen molar-refractivity contribution in [3.8, 4) is 0 Å². The highest BCUT2D eigenvalue weighted by atomic mass is 35.5. The van der Waals surface area contributed by atoms with Crippen molar-refractivity contribution in [1.29, 1.82) is 0 Å². The van der Waals surface area contributed by atoms with Crippen molar-refractivity contribution in [2.24, 2.45) is 7.05 Å². The molecule has 0 fully saturated rings. The van der Waals surface area contributed by atoms with Gasteiger partial charge in [0.25, 0.3) is 5.91 Å². The number of anilines is 1. The third-order valence-electron chi connectivity index (χ3n) is 4.71. The van der Waals surface area contributed by atoms with E-state index in [2.05, 4.69) is 20.8 Å². The second-order valence-corrected chi connectivity index (χ2v) is 8.56. The van der Waals surface area contributed by atoms with Crippen molar-refractivity contribution in [3.05, 3.63) is 70.5 Å². The van der Waals surface area contributed by atoms with E-state index in [4.69, 9.17) is 16.3 Å². The molecule has 11 heteroatoms. The first-order valence-electron chi connectivity index (χ1n) is 10.4. The van der Waals surface area contributed by atoms with E-state index in [9.17, 15) is 14.4 Å². The average Bonchev–Trinajstić information content (AvgIpc) is 3.18. The van der Waals surface area contributed by atoms with Crippen LogP contribution in [0.25, 0.3) is 0 Å². The van der Waals surface area contributed by atoms with Crippen molar-refractivity contribution in [2.75, 3.05) is 17.7 Å². The second kappa shape index (κ2) is 11.7. The molecular formula is C23H24ClN5O4S. The Morgan fingerprint density at radius 1 is 1.15 bits per heavy atom. The molecule has 2 N–H and O–H groups in total. The molecule has 1 atom stereocenters. The first-order chi connectivity index (χ1) is 16.3. The van der Waals surface area contributed by atoms with Crippen LogP contribution < -0.4 is 10.6 Å². The second-order valence-electron chi connectivity index (χ2n) is 7.21. The molecule has 1 heterocycles. The van der Waals surface area contributed by atoms with Gasteiger partial charge in [-0.2, -0.15) is 0 Å². The minimum atomic E-state index is -0.449. The Morgan fingerprint density at radius 3 is 2.65 bits per heavy atom. The molecule has 34 heavy (non-hydrogen) atoms. The number of carbonyl (C=O) groups excluding carboxylic acids is 3. The minimum absolute atomic E-state index is 0.0793. The van der Waals surface area contributed by atoms with Crippen LogP contribution >= 0.6 is 23.4 Å². The van der Waals surface area contributed by atoms with Crippen molar-refractivity contribution >= 4 is 46.8 Å². The number of esters is 1. The van der Waals surface area contributed by atoms with Crippen LogP contribution in [-0.4, -0.2) is 44.9 Å². The van der Waals surface area contributed by atoms with Gasteiger partial charge < -0.3 is 19.9 Å². The molecule has 0 bridgehead atoms. The fraction of sp³-hybridized carbons (Fsp3) is 0.261. The molecule has 0 radical (unpaired) electrons. The predicted octanol–water partition coefficient (Wildman–Crippen LogP) is 3.87. The molecule has 3 aromatic rings. The summed E-state index contributed by atoms with van der Waals surface area (Å²) in [6.07, 6.45) is 0. The lowest BCUT2D eigenvalue weighted by atomic mass is 10.2.